The molecule has 5 aliphatic rings. The molecule has 0 bridgehead atoms. The van der Waals surface area contributed by atoms with Crippen LogP contribution in [0.3, 0.4) is 0 Å². The van der Waals surface area contributed by atoms with Crippen molar-refractivity contribution in [2.75, 3.05) is 37.7 Å². The Hall–Kier alpha value is -4.03. The van der Waals surface area contributed by atoms with Crippen molar-refractivity contribution in [2.24, 2.45) is 0 Å². The summed E-state index contributed by atoms with van der Waals surface area (Å²) in [5.41, 5.74) is 5.26. The van der Waals surface area contributed by atoms with E-state index < -0.39 is 5.82 Å². The second kappa shape index (κ2) is 11.1. The largest absolute Gasteiger partial charge is 0.475 e. The molecule has 0 radical (unpaired) electrons. The van der Waals surface area contributed by atoms with Gasteiger partial charge in [0.25, 0.3) is 0 Å². The minimum absolute atomic E-state index is 0.0232. The molecule has 1 aromatic carbocycles. The maximum Gasteiger partial charge on any atom is 0.246 e. The highest BCUT2D eigenvalue weighted by Crippen LogP contribution is 2.46. The molecule has 6 heterocycles. The van der Waals surface area contributed by atoms with Crippen LogP contribution in [0.1, 0.15) is 61.6 Å². The standard InChI is InChI=1S/C36H39FN6O2/c1-2-30(44)42-19-13-28-29(42)21-43(28)34-26(12-16-38)35(45-22-36-14-6-17-41(36)18-7-15-36)40-33-27(34)20-39-32(31(33)37)25-11-5-9-23-8-3-4-10-24(23)25/h2,5,9,11,20,28-29H,1,3-4,6-8,10,12-15,17-19,21-22H2/t28-,29-/m1/s1. The summed E-state index contributed by atoms with van der Waals surface area (Å²) in [6.07, 6.45) is 12.6. The molecule has 4 fully saturated rings. The van der Waals surface area contributed by atoms with E-state index in [0.29, 0.717) is 42.2 Å². The molecule has 9 heteroatoms. The van der Waals surface area contributed by atoms with E-state index in [1.54, 1.807) is 6.20 Å². The Kier molecular flexibility index (Phi) is 7.01. The number of benzene rings is 1. The van der Waals surface area contributed by atoms with E-state index in [1.807, 2.05) is 17.0 Å². The van der Waals surface area contributed by atoms with Gasteiger partial charge in [-0.1, -0.05) is 24.8 Å². The number of nitrogens with zero attached hydrogens (tertiary/aromatic N) is 6. The van der Waals surface area contributed by atoms with E-state index in [-0.39, 0.29) is 35.5 Å². The molecule has 0 spiro atoms. The number of aromatic nitrogens is 2. The van der Waals surface area contributed by atoms with Crippen molar-refractivity contribution >= 4 is 22.5 Å². The zero-order chi connectivity index (χ0) is 30.7. The Balaban J connectivity index is 1.26. The second-order valence-corrected chi connectivity index (χ2v) is 13.4. The van der Waals surface area contributed by atoms with E-state index in [1.165, 1.54) is 17.2 Å². The topological polar surface area (TPSA) is 85.6 Å². The third kappa shape index (κ3) is 4.44. The Labute approximate surface area is 263 Å². The van der Waals surface area contributed by atoms with Gasteiger partial charge in [-0.15, -0.1) is 0 Å². The average Bonchev–Trinajstić information content (AvgIpc) is 3.73. The molecule has 4 saturated heterocycles. The fourth-order valence-electron chi connectivity index (χ4n) is 9.00. The van der Waals surface area contributed by atoms with Gasteiger partial charge in [-0.3, -0.25) is 14.7 Å². The summed E-state index contributed by atoms with van der Waals surface area (Å²) in [5.74, 6) is -0.170. The number of likely N-dealkylation sites (tertiary alicyclic amines) is 1. The minimum atomic E-state index is -0.449. The lowest BCUT2D eigenvalue weighted by molar-refractivity contribution is -0.127. The predicted molar refractivity (Wildman–Crippen MR) is 171 cm³/mol. The van der Waals surface area contributed by atoms with Crippen LogP contribution in [0.2, 0.25) is 0 Å². The Morgan fingerprint density at radius 3 is 2.78 bits per heavy atom. The number of carbonyl (C=O) groups excluding carboxylic acids is 1. The van der Waals surface area contributed by atoms with Crippen molar-refractivity contribution in [1.82, 2.24) is 19.8 Å². The number of aryl methyl sites for hydroxylation is 1. The second-order valence-electron chi connectivity index (χ2n) is 13.4. The van der Waals surface area contributed by atoms with E-state index in [2.05, 4.69) is 28.5 Å². The van der Waals surface area contributed by atoms with Gasteiger partial charge in [0.05, 0.1) is 41.4 Å². The monoisotopic (exact) mass is 606 g/mol. The zero-order valence-corrected chi connectivity index (χ0v) is 25.7. The SMILES string of the molecule is C=CC(=O)N1CC[C@@H]2[C@H]1CN2c1c(CC#N)c(OCC23CCCN2CCC3)nc2c(F)c(-c3cccc4c3CCCC4)ncc12. The van der Waals surface area contributed by atoms with Gasteiger partial charge in [0.2, 0.25) is 11.8 Å². The summed E-state index contributed by atoms with van der Waals surface area (Å²) in [7, 11) is 0. The molecule has 0 N–H and O–H groups in total. The maximum atomic E-state index is 16.9. The summed E-state index contributed by atoms with van der Waals surface area (Å²) in [6, 6.07) is 8.57. The molecule has 0 saturated carbocycles. The molecule has 1 aliphatic carbocycles. The third-order valence-corrected chi connectivity index (χ3v) is 11.2. The van der Waals surface area contributed by atoms with Crippen LogP contribution in [0.4, 0.5) is 10.1 Å². The van der Waals surface area contributed by atoms with Crippen LogP contribution in [0.25, 0.3) is 22.2 Å². The number of anilines is 1. The number of hydrogen-bond donors (Lipinski definition) is 0. The van der Waals surface area contributed by atoms with Crippen LogP contribution in [-0.4, -0.2) is 76.1 Å². The first kappa shape index (κ1) is 28.4. The summed E-state index contributed by atoms with van der Waals surface area (Å²) >= 11 is 0. The Morgan fingerprint density at radius 1 is 1.16 bits per heavy atom. The van der Waals surface area contributed by atoms with E-state index in [4.69, 9.17) is 14.7 Å². The van der Waals surface area contributed by atoms with Crippen molar-refractivity contribution in [3.8, 4) is 23.2 Å². The van der Waals surface area contributed by atoms with Crippen molar-refractivity contribution in [3.05, 3.63) is 59.6 Å². The van der Waals surface area contributed by atoms with Gasteiger partial charge >= 0.3 is 0 Å². The molecule has 3 aromatic rings. The van der Waals surface area contributed by atoms with Crippen LogP contribution in [0, 0.1) is 17.1 Å². The number of carbonyl (C=O) groups is 1. The van der Waals surface area contributed by atoms with Gasteiger partial charge < -0.3 is 14.5 Å². The molecule has 4 aliphatic heterocycles. The van der Waals surface area contributed by atoms with Crippen LogP contribution in [0.5, 0.6) is 5.88 Å². The van der Waals surface area contributed by atoms with Crippen LogP contribution < -0.4 is 9.64 Å². The fraction of sp³-hybridized carbons (Fsp3) is 0.500. The minimum Gasteiger partial charge on any atom is -0.475 e. The maximum absolute atomic E-state index is 16.9. The smallest absolute Gasteiger partial charge is 0.246 e. The Bertz CT molecular complexity index is 1740. The van der Waals surface area contributed by atoms with Crippen molar-refractivity contribution < 1.29 is 13.9 Å². The van der Waals surface area contributed by atoms with Gasteiger partial charge in [-0.2, -0.15) is 5.26 Å². The highest BCUT2D eigenvalue weighted by Gasteiger charge is 2.50. The van der Waals surface area contributed by atoms with Gasteiger partial charge in [-0.25, -0.2) is 9.37 Å². The lowest BCUT2D eigenvalue weighted by atomic mass is 9.87. The first-order chi connectivity index (χ1) is 22.0. The number of nitriles is 1. The summed E-state index contributed by atoms with van der Waals surface area (Å²) < 4.78 is 23.5. The number of amides is 1. The molecule has 8 rings (SSSR count). The highest BCUT2D eigenvalue weighted by molar-refractivity contribution is 5.97. The Morgan fingerprint density at radius 2 is 1.98 bits per heavy atom. The van der Waals surface area contributed by atoms with E-state index in [9.17, 15) is 10.1 Å². The number of hydrogen-bond acceptors (Lipinski definition) is 7. The molecule has 2 aromatic heterocycles. The molecule has 232 valence electrons. The average molecular weight is 607 g/mol. The van der Waals surface area contributed by atoms with Gasteiger partial charge in [-0.05, 0) is 88.1 Å². The molecular weight excluding hydrogens is 567 g/mol. The molecular formula is C36H39FN6O2. The first-order valence-corrected chi connectivity index (χ1v) is 16.6. The van der Waals surface area contributed by atoms with Crippen LogP contribution in [-0.2, 0) is 24.1 Å². The number of halogens is 1. The van der Waals surface area contributed by atoms with Crippen molar-refractivity contribution in [3.63, 3.8) is 0 Å². The molecule has 45 heavy (non-hydrogen) atoms. The quantitative estimate of drug-likeness (QED) is 0.335. The van der Waals surface area contributed by atoms with Crippen LogP contribution >= 0.6 is 0 Å². The molecule has 8 nitrogen and oxygen atoms in total. The highest BCUT2D eigenvalue weighted by atomic mass is 19.1. The summed E-state index contributed by atoms with van der Waals surface area (Å²) in [4.78, 5) is 28.8. The summed E-state index contributed by atoms with van der Waals surface area (Å²) in [6.45, 7) is 7.55. The molecule has 0 unspecified atom stereocenters. The predicted octanol–water partition coefficient (Wildman–Crippen LogP) is 5.36. The number of ether oxygens (including phenoxy) is 1. The fourth-order valence-corrected chi connectivity index (χ4v) is 9.00. The van der Waals surface area contributed by atoms with Crippen molar-refractivity contribution in [2.45, 2.75) is 81.8 Å². The first-order valence-electron chi connectivity index (χ1n) is 16.6. The van der Waals surface area contributed by atoms with Gasteiger partial charge in [0, 0.05) is 30.2 Å². The van der Waals surface area contributed by atoms with Crippen molar-refractivity contribution in [1.29, 1.82) is 5.26 Å². The van der Waals surface area contributed by atoms with E-state index >= 15 is 4.39 Å². The van der Waals surface area contributed by atoms with E-state index in [0.717, 1.165) is 82.1 Å². The number of rotatable bonds is 7. The van der Waals surface area contributed by atoms with Gasteiger partial charge in [0.15, 0.2) is 5.82 Å². The number of pyridine rings is 2. The summed E-state index contributed by atoms with van der Waals surface area (Å²) in [5, 5.41) is 10.6. The zero-order valence-electron chi connectivity index (χ0n) is 25.7. The normalized spacial score (nSPS) is 23.3. The van der Waals surface area contributed by atoms with Gasteiger partial charge in [0.1, 0.15) is 17.8 Å². The molecule has 2 atom stereocenters. The lowest BCUT2D eigenvalue weighted by Crippen LogP contribution is -2.63. The molecule has 1 amide bonds. The third-order valence-electron chi connectivity index (χ3n) is 11.2. The lowest BCUT2D eigenvalue weighted by Gasteiger charge is -2.49. The number of fused-ring (bicyclic) bond motifs is 4. The van der Waals surface area contributed by atoms with Crippen LogP contribution in [0.15, 0.2) is 37.1 Å².